The zero-order valence-electron chi connectivity index (χ0n) is 15.2. The van der Waals surface area contributed by atoms with Crippen molar-refractivity contribution in [3.05, 3.63) is 35.7 Å². The normalized spacial score (nSPS) is 22.0. The number of benzene rings is 1. The zero-order chi connectivity index (χ0) is 18.8. The number of methoxy groups -OCH3 is 1. The van der Waals surface area contributed by atoms with Crippen LogP contribution in [0.2, 0.25) is 0 Å². The Balaban J connectivity index is 1.44. The Morgan fingerprint density at radius 2 is 2.30 bits per heavy atom. The zero-order valence-corrected chi connectivity index (χ0v) is 15.2. The van der Waals surface area contributed by atoms with Gasteiger partial charge in [0.2, 0.25) is 0 Å². The molecule has 1 aromatic carbocycles. The Morgan fingerprint density at radius 1 is 1.41 bits per heavy atom. The van der Waals surface area contributed by atoms with E-state index in [2.05, 4.69) is 15.2 Å². The summed E-state index contributed by atoms with van der Waals surface area (Å²) >= 11 is 0. The highest BCUT2D eigenvalue weighted by Gasteiger charge is 2.36. The monoisotopic (exact) mass is 373 g/mol. The molecule has 0 unspecified atom stereocenters. The largest absolute Gasteiger partial charge is 0.493 e. The first-order valence-corrected chi connectivity index (χ1v) is 8.95. The summed E-state index contributed by atoms with van der Waals surface area (Å²) in [6, 6.07) is 5.90. The standard InChI is InChI=1S/C18H23N5O4/c1-25-17-6-12(2-3-16(17)27-11-18(19)24)8-22-5-4-15-14(9-22)23-13(10-26-15)7-20-21-23/h2-3,6-7,14-15H,4-5,8-11H2,1H3,(H2,19,24)/t14-,15-/m1/s1. The number of hydrogen-bond donors (Lipinski definition) is 1. The molecule has 27 heavy (non-hydrogen) atoms. The molecule has 1 saturated heterocycles. The molecule has 0 radical (unpaired) electrons. The third-order valence-electron chi connectivity index (χ3n) is 5.02. The van der Waals surface area contributed by atoms with E-state index in [9.17, 15) is 4.79 Å². The Kier molecular flexibility index (Phi) is 4.95. The molecule has 2 atom stereocenters. The Labute approximate surface area is 157 Å². The van der Waals surface area contributed by atoms with Crippen LogP contribution in [0.5, 0.6) is 11.5 Å². The first-order chi connectivity index (χ1) is 13.1. The van der Waals surface area contributed by atoms with Gasteiger partial charge in [-0.3, -0.25) is 9.69 Å². The molecule has 144 valence electrons. The second-order valence-electron chi connectivity index (χ2n) is 6.85. The second-order valence-corrected chi connectivity index (χ2v) is 6.85. The molecule has 9 heteroatoms. The van der Waals surface area contributed by atoms with E-state index in [1.807, 2.05) is 22.9 Å². The van der Waals surface area contributed by atoms with Gasteiger partial charge in [0.1, 0.15) is 0 Å². The lowest BCUT2D eigenvalue weighted by molar-refractivity contribution is -0.119. The molecule has 1 fully saturated rings. The van der Waals surface area contributed by atoms with Gasteiger partial charge in [0, 0.05) is 19.6 Å². The van der Waals surface area contributed by atoms with E-state index in [1.165, 1.54) is 0 Å². The van der Waals surface area contributed by atoms with Crippen LogP contribution in [0.25, 0.3) is 0 Å². The summed E-state index contributed by atoms with van der Waals surface area (Å²) in [5.74, 6) is 0.570. The molecular formula is C18H23N5O4. The summed E-state index contributed by atoms with van der Waals surface area (Å²) in [5.41, 5.74) is 7.26. The highest BCUT2D eigenvalue weighted by molar-refractivity contribution is 5.75. The lowest BCUT2D eigenvalue weighted by Crippen LogP contribution is -2.47. The fraction of sp³-hybridized carbons (Fsp3) is 0.500. The fourth-order valence-electron chi connectivity index (χ4n) is 3.72. The van der Waals surface area contributed by atoms with E-state index in [-0.39, 0.29) is 18.8 Å². The van der Waals surface area contributed by atoms with Crippen LogP contribution in [0.15, 0.2) is 24.4 Å². The third-order valence-corrected chi connectivity index (χ3v) is 5.02. The number of carbonyl (C=O) groups excluding carboxylic acids is 1. The molecule has 0 aliphatic carbocycles. The average Bonchev–Trinajstić information content (AvgIpc) is 3.16. The molecule has 9 nitrogen and oxygen atoms in total. The molecule has 2 aliphatic heterocycles. The summed E-state index contributed by atoms with van der Waals surface area (Å²) in [7, 11) is 1.58. The van der Waals surface area contributed by atoms with Crippen LogP contribution in [0.3, 0.4) is 0 Å². The van der Waals surface area contributed by atoms with E-state index in [0.717, 1.165) is 37.3 Å². The van der Waals surface area contributed by atoms with Gasteiger partial charge >= 0.3 is 0 Å². The van der Waals surface area contributed by atoms with Crippen LogP contribution >= 0.6 is 0 Å². The number of hydrogen-bond acceptors (Lipinski definition) is 7. The SMILES string of the molecule is COc1cc(CN2CC[C@H]3OCc4cnnn4[C@@H]3C2)ccc1OCC(N)=O. The van der Waals surface area contributed by atoms with Gasteiger partial charge in [0.05, 0.1) is 37.8 Å². The minimum Gasteiger partial charge on any atom is -0.493 e. The van der Waals surface area contributed by atoms with Gasteiger partial charge in [0.15, 0.2) is 18.1 Å². The molecular weight excluding hydrogens is 350 g/mol. The predicted molar refractivity (Wildman–Crippen MR) is 95.2 cm³/mol. The summed E-state index contributed by atoms with van der Waals surface area (Å²) in [5, 5.41) is 8.26. The maximum Gasteiger partial charge on any atom is 0.255 e. The number of amides is 1. The lowest BCUT2D eigenvalue weighted by Gasteiger charge is -2.41. The highest BCUT2D eigenvalue weighted by atomic mass is 16.5. The number of primary amides is 1. The van der Waals surface area contributed by atoms with E-state index in [0.29, 0.717) is 18.1 Å². The highest BCUT2D eigenvalue weighted by Crippen LogP contribution is 2.32. The number of piperidine rings is 1. The lowest BCUT2D eigenvalue weighted by atomic mass is 10.00. The van der Waals surface area contributed by atoms with E-state index in [4.69, 9.17) is 19.9 Å². The van der Waals surface area contributed by atoms with Crippen LogP contribution in [0, 0.1) is 0 Å². The van der Waals surface area contributed by atoms with Gasteiger partial charge in [-0.15, -0.1) is 5.10 Å². The first kappa shape index (κ1) is 17.7. The van der Waals surface area contributed by atoms with Crippen molar-refractivity contribution in [1.29, 1.82) is 0 Å². The topological polar surface area (TPSA) is 105 Å². The molecule has 1 amide bonds. The van der Waals surface area contributed by atoms with Crippen molar-refractivity contribution in [1.82, 2.24) is 19.9 Å². The Morgan fingerprint density at radius 3 is 3.11 bits per heavy atom. The quantitative estimate of drug-likeness (QED) is 0.786. The molecule has 0 saturated carbocycles. The third kappa shape index (κ3) is 3.74. The Hall–Kier alpha value is -2.65. The van der Waals surface area contributed by atoms with Crippen LogP contribution < -0.4 is 15.2 Å². The second kappa shape index (κ2) is 7.53. The molecule has 0 bridgehead atoms. The number of ether oxygens (including phenoxy) is 3. The molecule has 2 aliphatic rings. The van der Waals surface area contributed by atoms with Crippen molar-refractivity contribution in [3.63, 3.8) is 0 Å². The van der Waals surface area contributed by atoms with Crippen LogP contribution in [-0.2, 0) is 22.7 Å². The van der Waals surface area contributed by atoms with Crippen molar-refractivity contribution in [2.45, 2.75) is 31.7 Å². The number of carbonyl (C=O) groups is 1. The van der Waals surface area contributed by atoms with Crippen LogP contribution in [0.4, 0.5) is 0 Å². The van der Waals surface area contributed by atoms with Crippen molar-refractivity contribution >= 4 is 5.91 Å². The fourth-order valence-corrected chi connectivity index (χ4v) is 3.72. The summed E-state index contributed by atoms with van der Waals surface area (Å²) in [4.78, 5) is 13.3. The van der Waals surface area contributed by atoms with Gasteiger partial charge in [0.25, 0.3) is 5.91 Å². The smallest absolute Gasteiger partial charge is 0.255 e. The van der Waals surface area contributed by atoms with Crippen molar-refractivity contribution in [2.75, 3.05) is 26.8 Å². The van der Waals surface area contributed by atoms with E-state index in [1.54, 1.807) is 13.3 Å². The van der Waals surface area contributed by atoms with Crippen molar-refractivity contribution in [2.24, 2.45) is 5.73 Å². The summed E-state index contributed by atoms with van der Waals surface area (Å²) < 4.78 is 18.7. The average molecular weight is 373 g/mol. The molecule has 0 spiro atoms. The number of rotatable bonds is 6. The minimum absolute atomic E-state index is 0.175. The minimum atomic E-state index is -0.522. The molecule has 2 N–H and O–H groups in total. The maximum absolute atomic E-state index is 10.9. The number of nitrogens with zero attached hydrogens (tertiary/aromatic N) is 4. The van der Waals surface area contributed by atoms with Gasteiger partial charge < -0.3 is 19.9 Å². The Bertz CT molecular complexity index is 824. The van der Waals surface area contributed by atoms with Gasteiger partial charge in [-0.2, -0.15) is 0 Å². The summed E-state index contributed by atoms with van der Waals surface area (Å²) in [6.07, 6.45) is 2.92. The van der Waals surface area contributed by atoms with Gasteiger partial charge in [-0.05, 0) is 24.1 Å². The van der Waals surface area contributed by atoms with Gasteiger partial charge in [-0.25, -0.2) is 4.68 Å². The van der Waals surface area contributed by atoms with E-state index < -0.39 is 5.91 Å². The number of aromatic nitrogens is 3. The van der Waals surface area contributed by atoms with Crippen molar-refractivity contribution < 1.29 is 19.0 Å². The summed E-state index contributed by atoms with van der Waals surface area (Å²) in [6.45, 7) is 2.99. The van der Waals surface area contributed by atoms with Crippen molar-refractivity contribution in [3.8, 4) is 11.5 Å². The maximum atomic E-state index is 10.9. The molecule has 3 heterocycles. The predicted octanol–water partition coefficient (Wildman–Crippen LogP) is 0.497. The molecule has 4 rings (SSSR count). The first-order valence-electron chi connectivity index (χ1n) is 8.95. The van der Waals surface area contributed by atoms with Crippen LogP contribution in [0.1, 0.15) is 23.7 Å². The number of fused-ring (bicyclic) bond motifs is 3. The van der Waals surface area contributed by atoms with Crippen LogP contribution in [-0.4, -0.2) is 58.7 Å². The molecule has 1 aromatic heterocycles. The van der Waals surface area contributed by atoms with Gasteiger partial charge in [-0.1, -0.05) is 11.3 Å². The number of nitrogens with two attached hydrogens (primary N) is 1. The van der Waals surface area contributed by atoms with E-state index >= 15 is 0 Å². The molecule has 2 aromatic rings. The number of likely N-dealkylation sites (tertiary alicyclic amines) is 1.